The van der Waals surface area contributed by atoms with Crippen LogP contribution in [-0.4, -0.2) is 22.8 Å². The second-order valence-corrected chi connectivity index (χ2v) is 4.70. The normalized spacial score (nSPS) is 21.1. The van der Waals surface area contributed by atoms with Crippen molar-refractivity contribution in [1.82, 2.24) is 4.90 Å². The Morgan fingerprint density at radius 2 is 1.54 bits per heavy atom. The van der Waals surface area contributed by atoms with Gasteiger partial charge >= 0.3 is 0 Å². The summed E-state index contributed by atoms with van der Waals surface area (Å²) in [5.41, 5.74) is -0.0321. The molecule has 1 unspecified atom stereocenters. The van der Waals surface area contributed by atoms with E-state index in [-0.39, 0.29) is 23.3 Å². The van der Waals surface area contributed by atoms with Crippen molar-refractivity contribution in [1.29, 1.82) is 0 Å². The highest BCUT2D eigenvalue weighted by atomic mass is 16.2. The topological polar surface area (TPSA) is 37.4 Å². The quantitative estimate of drug-likeness (QED) is 0.579. The Morgan fingerprint density at radius 3 is 1.85 bits per heavy atom. The second kappa shape index (κ2) is 3.13. The standard InChI is InChI=1S/C10H17NO2/c1-7(10(2,3)4)11-8(12)5-6-9(11)13/h7H,5-6H2,1-4H3. The van der Waals surface area contributed by atoms with Gasteiger partial charge in [-0.1, -0.05) is 20.8 Å². The minimum atomic E-state index is -0.0321. The second-order valence-electron chi connectivity index (χ2n) is 4.70. The summed E-state index contributed by atoms with van der Waals surface area (Å²) in [5.74, 6) is -0.0418. The minimum Gasteiger partial charge on any atom is -0.279 e. The van der Waals surface area contributed by atoms with Gasteiger partial charge in [0, 0.05) is 18.9 Å². The Bertz CT molecular complexity index is 224. The monoisotopic (exact) mass is 183 g/mol. The van der Waals surface area contributed by atoms with Crippen LogP contribution in [0.4, 0.5) is 0 Å². The van der Waals surface area contributed by atoms with E-state index in [4.69, 9.17) is 0 Å². The average Bonchev–Trinajstić information content (AvgIpc) is 2.28. The lowest BCUT2D eigenvalue weighted by molar-refractivity contribution is -0.143. The van der Waals surface area contributed by atoms with Crippen LogP contribution in [0.5, 0.6) is 0 Å². The van der Waals surface area contributed by atoms with Crippen molar-refractivity contribution >= 4 is 11.8 Å². The maximum Gasteiger partial charge on any atom is 0.229 e. The van der Waals surface area contributed by atoms with Crippen molar-refractivity contribution in [3.05, 3.63) is 0 Å². The highest BCUT2D eigenvalue weighted by Crippen LogP contribution is 2.27. The first kappa shape index (κ1) is 10.2. The van der Waals surface area contributed by atoms with Gasteiger partial charge in [0.15, 0.2) is 0 Å². The molecule has 3 nitrogen and oxygen atoms in total. The molecule has 0 N–H and O–H groups in total. The van der Waals surface area contributed by atoms with Gasteiger partial charge in [0.1, 0.15) is 0 Å². The average molecular weight is 183 g/mol. The smallest absolute Gasteiger partial charge is 0.229 e. The van der Waals surface area contributed by atoms with E-state index in [0.29, 0.717) is 12.8 Å². The van der Waals surface area contributed by atoms with E-state index in [1.807, 2.05) is 27.7 Å². The van der Waals surface area contributed by atoms with Gasteiger partial charge in [-0.15, -0.1) is 0 Å². The van der Waals surface area contributed by atoms with Crippen LogP contribution < -0.4 is 0 Å². The Balaban J connectivity index is 2.82. The molecule has 0 aromatic heterocycles. The summed E-state index contributed by atoms with van der Waals surface area (Å²) in [7, 11) is 0. The Kier molecular flexibility index (Phi) is 2.46. The lowest BCUT2D eigenvalue weighted by atomic mass is 9.87. The maximum atomic E-state index is 11.4. The Labute approximate surface area is 79.1 Å². The van der Waals surface area contributed by atoms with Crippen LogP contribution in [0.2, 0.25) is 0 Å². The number of carbonyl (C=O) groups excluding carboxylic acids is 2. The minimum absolute atomic E-state index is 0.00463. The molecule has 2 amide bonds. The third-order valence-corrected chi connectivity index (χ3v) is 2.73. The van der Waals surface area contributed by atoms with E-state index in [2.05, 4.69) is 0 Å². The van der Waals surface area contributed by atoms with Crippen LogP contribution >= 0.6 is 0 Å². The number of carbonyl (C=O) groups is 2. The molecule has 0 saturated carbocycles. The molecule has 0 aliphatic carbocycles. The highest BCUT2D eigenvalue weighted by Gasteiger charge is 2.37. The number of hydrogen-bond acceptors (Lipinski definition) is 2. The van der Waals surface area contributed by atoms with Gasteiger partial charge < -0.3 is 0 Å². The molecule has 1 atom stereocenters. The SMILES string of the molecule is CC(N1C(=O)CCC1=O)C(C)(C)C. The molecule has 0 spiro atoms. The van der Waals surface area contributed by atoms with Gasteiger partial charge in [-0.25, -0.2) is 0 Å². The number of nitrogens with zero attached hydrogens (tertiary/aromatic N) is 1. The third kappa shape index (κ3) is 1.90. The molecular weight excluding hydrogens is 166 g/mol. The fourth-order valence-corrected chi connectivity index (χ4v) is 1.41. The van der Waals surface area contributed by atoms with E-state index < -0.39 is 0 Å². The lowest BCUT2D eigenvalue weighted by Crippen LogP contribution is -2.44. The molecule has 0 radical (unpaired) electrons. The predicted molar refractivity (Wildman–Crippen MR) is 50.0 cm³/mol. The molecule has 1 aliphatic heterocycles. The zero-order valence-corrected chi connectivity index (χ0v) is 8.76. The fraction of sp³-hybridized carbons (Fsp3) is 0.800. The Hall–Kier alpha value is -0.860. The summed E-state index contributed by atoms with van der Waals surface area (Å²) in [5, 5.41) is 0. The molecule has 1 saturated heterocycles. The number of rotatable bonds is 1. The molecule has 13 heavy (non-hydrogen) atoms. The van der Waals surface area contributed by atoms with Crippen LogP contribution in [0, 0.1) is 5.41 Å². The molecule has 0 bridgehead atoms. The highest BCUT2D eigenvalue weighted by molar-refractivity contribution is 6.02. The summed E-state index contributed by atoms with van der Waals surface area (Å²) >= 11 is 0. The first-order chi connectivity index (χ1) is 5.84. The number of likely N-dealkylation sites (tertiary alicyclic amines) is 1. The summed E-state index contributed by atoms with van der Waals surface area (Å²) in [6.45, 7) is 8.05. The summed E-state index contributed by atoms with van der Waals surface area (Å²) in [6, 6.07) is -0.00463. The maximum absolute atomic E-state index is 11.4. The molecule has 3 heteroatoms. The van der Waals surface area contributed by atoms with Gasteiger partial charge in [-0.3, -0.25) is 14.5 Å². The largest absolute Gasteiger partial charge is 0.279 e. The van der Waals surface area contributed by atoms with Gasteiger partial charge in [0.25, 0.3) is 0 Å². The van der Waals surface area contributed by atoms with E-state index >= 15 is 0 Å². The molecule has 0 aromatic carbocycles. The number of imide groups is 1. The molecule has 74 valence electrons. The number of amides is 2. The van der Waals surface area contributed by atoms with Gasteiger partial charge in [0.05, 0.1) is 0 Å². The molecule has 1 aliphatic rings. The van der Waals surface area contributed by atoms with Crippen molar-refractivity contribution < 1.29 is 9.59 Å². The molecule has 1 fully saturated rings. The van der Waals surface area contributed by atoms with Gasteiger partial charge in [-0.05, 0) is 12.3 Å². The van der Waals surface area contributed by atoms with Crippen molar-refractivity contribution in [2.24, 2.45) is 5.41 Å². The van der Waals surface area contributed by atoms with Gasteiger partial charge in [0.2, 0.25) is 11.8 Å². The summed E-state index contributed by atoms with van der Waals surface area (Å²) in [4.78, 5) is 24.2. The van der Waals surface area contributed by atoms with E-state index in [9.17, 15) is 9.59 Å². The van der Waals surface area contributed by atoms with Crippen molar-refractivity contribution in [3.63, 3.8) is 0 Å². The van der Waals surface area contributed by atoms with Crippen LogP contribution in [0.25, 0.3) is 0 Å². The van der Waals surface area contributed by atoms with Crippen LogP contribution in [0.1, 0.15) is 40.5 Å². The lowest BCUT2D eigenvalue weighted by Gasteiger charge is -2.33. The van der Waals surface area contributed by atoms with Crippen molar-refractivity contribution in [2.75, 3.05) is 0 Å². The number of hydrogen-bond donors (Lipinski definition) is 0. The Morgan fingerprint density at radius 1 is 1.15 bits per heavy atom. The van der Waals surface area contributed by atoms with Crippen molar-refractivity contribution in [3.8, 4) is 0 Å². The van der Waals surface area contributed by atoms with Crippen LogP contribution in [0.3, 0.4) is 0 Å². The van der Waals surface area contributed by atoms with Gasteiger partial charge in [-0.2, -0.15) is 0 Å². The van der Waals surface area contributed by atoms with Crippen molar-refractivity contribution in [2.45, 2.75) is 46.6 Å². The van der Waals surface area contributed by atoms with E-state index in [0.717, 1.165) is 0 Å². The van der Waals surface area contributed by atoms with E-state index in [1.54, 1.807) is 0 Å². The van der Waals surface area contributed by atoms with Crippen LogP contribution in [0.15, 0.2) is 0 Å². The fourth-order valence-electron chi connectivity index (χ4n) is 1.41. The zero-order valence-electron chi connectivity index (χ0n) is 8.76. The molecule has 1 heterocycles. The third-order valence-electron chi connectivity index (χ3n) is 2.73. The van der Waals surface area contributed by atoms with E-state index in [1.165, 1.54) is 4.90 Å². The zero-order chi connectivity index (χ0) is 10.2. The molecule has 1 rings (SSSR count). The molecule has 0 aromatic rings. The summed E-state index contributed by atoms with van der Waals surface area (Å²) < 4.78 is 0. The summed E-state index contributed by atoms with van der Waals surface area (Å²) in [6.07, 6.45) is 0.776. The molecular formula is C10H17NO2. The first-order valence-electron chi connectivity index (χ1n) is 4.69. The predicted octanol–water partition coefficient (Wildman–Crippen LogP) is 1.57. The first-order valence-corrected chi connectivity index (χ1v) is 4.69. The van der Waals surface area contributed by atoms with Crippen LogP contribution in [-0.2, 0) is 9.59 Å².